The fourth-order valence-electron chi connectivity index (χ4n) is 4.86. The lowest BCUT2D eigenvalue weighted by atomic mass is 9.85. The van der Waals surface area contributed by atoms with Gasteiger partial charge in [-0.15, -0.1) is 0 Å². The average molecular weight is 348 g/mol. The van der Waals surface area contributed by atoms with Crippen LogP contribution < -0.4 is 10.6 Å². The van der Waals surface area contributed by atoms with Crippen molar-refractivity contribution in [2.75, 3.05) is 20.1 Å². The van der Waals surface area contributed by atoms with Crippen LogP contribution in [0.4, 0.5) is 4.79 Å². The first-order valence-corrected chi connectivity index (χ1v) is 10.2. The molecule has 4 rings (SSSR count). The zero-order valence-corrected chi connectivity index (χ0v) is 15.4. The molecule has 6 heteroatoms. The molecule has 6 nitrogen and oxygen atoms in total. The van der Waals surface area contributed by atoms with Crippen LogP contribution in [0.2, 0.25) is 0 Å². The molecule has 2 heterocycles. The van der Waals surface area contributed by atoms with Gasteiger partial charge in [0.25, 0.3) is 0 Å². The Balaban J connectivity index is 1.28. The Morgan fingerprint density at radius 2 is 1.68 bits per heavy atom. The molecule has 140 valence electrons. The van der Waals surface area contributed by atoms with Crippen LogP contribution in [0.5, 0.6) is 0 Å². The number of carbonyl (C=O) groups excluding carboxylic acids is 2. The highest BCUT2D eigenvalue weighted by atomic mass is 16.2. The summed E-state index contributed by atoms with van der Waals surface area (Å²) >= 11 is 0. The summed E-state index contributed by atoms with van der Waals surface area (Å²) in [4.78, 5) is 29.5. The van der Waals surface area contributed by atoms with Gasteiger partial charge >= 0.3 is 6.03 Å². The first-order chi connectivity index (χ1) is 12.1. The molecule has 2 saturated carbocycles. The van der Waals surface area contributed by atoms with Gasteiger partial charge in [0.1, 0.15) is 0 Å². The molecule has 4 fully saturated rings. The number of hydrogen-bond acceptors (Lipinski definition) is 3. The minimum atomic E-state index is 0.0749. The summed E-state index contributed by atoms with van der Waals surface area (Å²) in [6, 6.07) is 1.81. The molecule has 3 amide bonds. The third-order valence-electron chi connectivity index (χ3n) is 6.73. The molecule has 0 spiro atoms. The van der Waals surface area contributed by atoms with Gasteiger partial charge in [-0.3, -0.25) is 9.69 Å². The average Bonchev–Trinajstić information content (AvgIpc) is 3.34. The number of likely N-dealkylation sites (N-methyl/N-ethyl adjacent to an activating group) is 1. The van der Waals surface area contributed by atoms with Gasteiger partial charge in [0.15, 0.2) is 0 Å². The van der Waals surface area contributed by atoms with Crippen molar-refractivity contribution in [1.82, 2.24) is 20.4 Å². The Hall–Kier alpha value is -1.30. The number of rotatable bonds is 3. The highest BCUT2D eigenvalue weighted by molar-refractivity contribution is 5.79. The first kappa shape index (κ1) is 17.1. The van der Waals surface area contributed by atoms with E-state index >= 15 is 0 Å². The van der Waals surface area contributed by atoms with Crippen LogP contribution in [0.15, 0.2) is 0 Å². The SMILES string of the molecule is CN1[C@H]2CC[C@H]1CN(C(=O)N[C@H]1CCC[C@H](C(=O)NC3CC3)C1)CC2. The molecule has 25 heavy (non-hydrogen) atoms. The van der Waals surface area contributed by atoms with Gasteiger partial charge in [-0.25, -0.2) is 4.79 Å². The molecule has 2 N–H and O–H groups in total. The third-order valence-corrected chi connectivity index (χ3v) is 6.73. The number of carbonyl (C=O) groups is 2. The second-order valence-corrected chi connectivity index (χ2v) is 8.58. The van der Waals surface area contributed by atoms with E-state index in [1.54, 1.807) is 0 Å². The van der Waals surface area contributed by atoms with Crippen LogP contribution in [0.25, 0.3) is 0 Å². The maximum Gasteiger partial charge on any atom is 0.317 e. The zero-order valence-electron chi connectivity index (χ0n) is 15.4. The summed E-state index contributed by atoms with van der Waals surface area (Å²) in [5.41, 5.74) is 0. The quantitative estimate of drug-likeness (QED) is 0.816. The third kappa shape index (κ3) is 3.94. The Morgan fingerprint density at radius 3 is 2.48 bits per heavy atom. The number of amides is 3. The van der Waals surface area contributed by atoms with Crippen molar-refractivity contribution in [2.45, 2.75) is 82.0 Å². The molecule has 0 unspecified atom stereocenters. The molecule has 2 bridgehead atoms. The lowest BCUT2D eigenvalue weighted by molar-refractivity contribution is -0.126. The molecule has 2 aliphatic heterocycles. The monoisotopic (exact) mass is 348 g/mol. The molecule has 2 saturated heterocycles. The summed E-state index contributed by atoms with van der Waals surface area (Å²) in [7, 11) is 2.20. The summed E-state index contributed by atoms with van der Waals surface area (Å²) < 4.78 is 0. The number of hydrogen-bond donors (Lipinski definition) is 2. The Morgan fingerprint density at radius 1 is 0.880 bits per heavy atom. The summed E-state index contributed by atoms with van der Waals surface area (Å²) in [5.74, 6) is 0.279. The predicted molar refractivity (Wildman–Crippen MR) is 96.2 cm³/mol. The van der Waals surface area contributed by atoms with E-state index < -0.39 is 0 Å². The summed E-state index contributed by atoms with van der Waals surface area (Å²) in [6.07, 6.45) is 9.61. The second kappa shape index (κ2) is 7.14. The molecule has 0 radical (unpaired) electrons. The van der Waals surface area contributed by atoms with Crippen LogP contribution in [-0.4, -0.2) is 66.0 Å². The summed E-state index contributed by atoms with van der Waals surface area (Å²) in [5, 5.41) is 6.36. The molecule has 2 aliphatic carbocycles. The second-order valence-electron chi connectivity index (χ2n) is 8.58. The first-order valence-electron chi connectivity index (χ1n) is 10.2. The van der Waals surface area contributed by atoms with E-state index in [0.29, 0.717) is 18.1 Å². The van der Waals surface area contributed by atoms with Gasteiger partial charge in [0.05, 0.1) is 0 Å². The van der Waals surface area contributed by atoms with Crippen LogP contribution in [0.1, 0.15) is 57.8 Å². The fourth-order valence-corrected chi connectivity index (χ4v) is 4.86. The Kier molecular flexibility index (Phi) is 4.89. The van der Waals surface area contributed by atoms with Crippen molar-refractivity contribution in [1.29, 1.82) is 0 Å². The van der Waals surface area contributed by atoms with Gasteiger partial charge in [0, 0.05) is 43.2 Å². The molecule has 4 atom stereocenters. The maximum absolute atomic E-state index is 12.8. The number of urea groups is 1. The molecule has 0 aromatic carbocycles. The van der Waals surface area contributed by atoms with Crippen molar-refractivity contribution >= 4 is 11.9 Å². The van der Waals surface area contributed by atoms with E-state index in [1.165, 1.54) is 12.8 Å². The van der Waals surface area contributed by atoms with Gasteiger partial charge in [-0.2, -0.15) is 0 Å². The Labute approximate surface area is 150 Å². The van der Waals surface area contributed by atoms with E-state index in [1.807, 2.05) is 4.90 Å². The fraction of sp³-hybridized carbons (Fsp3) is 0.895. The highest BCUT2D eigenvalue weighted by Gasteiger charge is 2.37. The van der Waals surface area contributed by atoms with E-state index in [4.69, 9.17) is 0 Å². The number of nitrogens with one attached hydrogen (secondary N) is 2. The van der Waals surface area contributed by atoms with Crippen LogP contribution in [0, 0.1) is 5.92 Å². The van der Waals surface area contributed by atoms with E-state index in [9.17, 15) is 9.59 Å². The largest absolute Gasteiger partial charge is 0.353 e. The van der Waals surface area contributed by atoms with Crippen LogP contribution in [-0.2, 0) is 4.79 Å². The van der Waals surface area contributed by atoms with Crippen LogP contribution >= 0.6 is 0 Å². The summed E-state index contributed by atoms with van der Waals surface area (Å²) in [6.45, 7) is 1.70. The van der Waals surface area contributed by atoms with Gasteiger partial charge in [-0.05, 0) is 58.4 Å². The number of nitrogens with zero attached hydrogens (tertiary/aromatic N) is 2. The molecule has 0 aromatic rings. The van der Waals surface area contributed by atoms with Crippen molar-refractivity contribution in [3.8, 4) is 0 Å². The smallest absolute Gasteiger partial charge is 0.317 e. The van der Waals surface area contributed by atoms with Crippen molar-refractivity contribution in [3.05, 3.63) is 0 Å². The molecular weight excluding hydrogens is 316 g/mol. The lowest BCUT2D eigenvalue weighted by Gasteiger charge is -2.32. The molecular formula is C19H32N4O2. The minimum absolute atomic E-state index is 0.0749. The van der Waals surface area contributed by atoms with E-state index in [0.717, 1.165) is 58.0 Å². The highest BCUT2D eigenvalue weighted by Crippen LogP contribution is 2.29. The van der Waals surface area contributed by atoms with Gasteiger partial charge in [0.2, 0.25) is 5.91 Å². The standard InChI is InChI=1S/C19H32N4O2/c1-22-16-7-8-17(22)12-23(10-9-16)19(25)21-15-4-2-3-13(11-15)18(24)20-14-5-6-14/h13-17H,2-12H2,1H3,(H,20,24)(H,21,25)/t13-,15-,16-,17-/m0/s1. The molecule has 4 aliphatic rings. The minimum Gasteiger partial charge on any atom is -0.353 e. The maximum atomic E-state index is 12.8. The number of fused-ring (bicyclic) bond motifs is 2. The van der Waals surface area contributed by atoms with Gasteiger partial charge < -0.3 is 15.5 Å². The zero-order chi connectivity index (χ0) is 17.4. The normalized spacial score (nSPS) is 36.0. The van der Waals surface area contributed by atoms with Crippen molar-refractivity contribution < 1.29 is 9.59 Å². The molecule has 0 aromatic heterocycles. The number of likely N-dealkylation sites (tertiary alicyclic amines) is 1. The predicted octanol–water partition coefficient (Wildman–Crippen LogP) is 1.70. The lowest BCUT2D eigenvalue weighted by Crippen LogP contribution is -2.50. The van der Waals surface area contributed by atoms with Crippen LogP contribution in [0.3, 0.4) is 0 Å². The van der Waals surface area contributed by atoms with Crippen molar-refractivity contribution in [3.63, 3.8) is 0 Å². The van der Waals surface area contributed by atoms with Crippen molar-refractivity contribution in [2.24, 2.45) is 5.92 Å². The van der Waals surface area contributed by atoms with Gasteiger partial charge in [-0.1, -0.05) is 6.42 Å². The topological polar surface area (TPSA) is 64.7 Å². The van der Waals surface area contributed by atoms with E-state index in [2.05, 4.69) is 22.6 Å². The van der Waals surface area contributed by atoms with E-state index in [-0.39, 0.29) is 23.9 Å². The Bertz CT molecular complexity index is 522.